The van der Waals surface area contributed by atoms with Gasteiger partial charge in [-0.1, -0.05) is 0 Å². The molecule has 7 heteroatoms. The SMILES string of the molecule is CCN(C)C(=O)CS(=O)c1nc2ccc(N)cc2o1. The lowest BCUT2D eigenvalue weighted by Gasteiger charge is -2.12. The molecule has 1 unspecified atom stereocenters. The summed E-state index contributed by atoms with van der Waals surface area (Å²) in [6, 6.07) is 4.99. The van der Waals surface area contributed by atoms with E-state index in [1.54, 1.807) is 25.2 Å². The Kier molecular flexibility index (Phi) is 3.84. The third-order valence-electron chi connectivity index (χ3n) is 2.74. The predicted octanol–water partition coefficient (Wildman–Crippen LogP) is 0.996. The second-order valence-electron chi connectivity index (χ2n) is 4.10. The molecule has 0 aliphatic carbocycles. The summed E-state index contributed by atoms with van der Waals surface area (Å²) in [7, 11) is 0.0743. The number of hydrogen-bond acceptors (Lipinski definition) is 5. The van der Waals surface area contributed by atoms with Crippen LogP contribution in [0.2, 0.25) is 0 Å². The first-order valence-electron chi connectivity index (χ1n) is 5.79. The average molecular weight is 281 g/mol. The summed E-state index contributed by atoms with van der Waals surface area (Å²) in [6.07, 6.45) is 0. The molecule has 1 aromatic carbocycles. The molecule has 0 saturated heterocycles. The summed E-state index contributed by atoms with van der Waals surface area (Å²) in [5.74, 6) is -0.338. The lowest BCUT2D eigenvalue weighted by Crippen LogP contribution is -2.30. The number of carbonyl (C=O) groups is 1. The van der Waals surface area contributed by atoms with E-state index in [1.807, 2.05) is 6.92 Å². The van der Waals surface area contributed by atoms with Crippen molar-refractivity contribution in [2.75, 3.05) is 25.1 Å². The Morgan fingerprint density at radius 3 is 2.95 bits per heavy atom. The molecule has 1 amide bonds. The van der Waals surface area contributed by atoms with E-state index in [4.69, 9.17) is 10.2 Å². The van der Waals surface area contributed by atoms with Gasteiger partial charge in [0.1, 0.15) is 22.1 Å². The van der Waals surface area contributed by atoms with E-state index in [0.717, 1.165) is 0 Å². The molecular weight excluding hydrogens is 266 g/mol. The van der Waals surface area contributed by atoms with Gasteiger partial charge >= 0.3 is 0 Å². The number of amides is 1. The van der Waals surface area contributed by atoms with Gasteiger partial charge in [0, 0.05) is 25.3 Å². The Morgan fingerprint density at radius 2 is 2.26 bits per heavy atom. The summed E-state index contributed by atoms with van der Waals surface area (Å²) in [4.78, 5) is 17.3. The zero-order valence-corrected chi connectivity index (χ0v) is 11.6. The maximum absolute atomic E-state index is 12.0. The molecule has 102 valence electrons. The van der Waals surface area contributed by atoms with Crippen LogP contribution in [0.4, 0.5) is 5.69 Å². The van der Waals surface area contributed by atoms with Crippen LogP contribution in [-0.2, 0) is 15.6 Å². The van der Waals surface area contributed by atoms with E-state index in [2.05, 4.69) is 4.98 Å². The molecule has 6 nitrogen and oxygen atoms in total. The van der Waals surface area contributed by atoms with E-state index >= 15 is 0 Å². The van der Waals surface area contributed by atoms with Crippen molar-refractivity contribution in [2.45, 2.75) is 12.1 Å². The van der Waals surface area contributed by atoms with Crippen LogP contribution in [0.5, 0.6) is 0 Å². The number of nitrogens with two attached hydrogens (primary N) is 1. The fourth-order valence-electron chi connectivity index (χ4n) is 1.48. The Bertz CT molecular complexity index is 638. The van der Waals surface area contributed by atoms with Crippen molar-refractivity contribution in [3.63, 3.8) is 0 Å². The van der Waals surface area contributed by atoms with Gasteiger partial charge in [0.2, 0.25) is 5.91 Å². The summed E-state index contributed by atoms with van der Waals surface area (Å²) in [5.41, 5.74) is 7.22. The standard InChI is InChI=1S/C12H15N3O3S/c1-3-15(2)11(16)7-19(17)12-14-9-5-4-8(13)6-10(9)18-12/h4-6H,3,7,13H2,1-2H3. The highest BCUT2D eigenvalue weighted by molar-refractivity contribution is 7.85. The second kappa shape index (κ2) is 5.40. The Balaban J connectivity index is 2.20. The normalized spacial score (nSPS) is 12.5. The number of nitrogen functional groups attached to an aromatic ring is 1. The van der Waals surface area contributed by atoms with Gasteiger partial charge in [0.15, 0.2) is 5.58 Å². The number of hydrogen-bond donors (Lipinski definition) is 1. The van der Waals surface area contributed by atoms with Crippen LogP contribution in [0.25, 0.3) is 11.1 Å². The Morgan fingerprint density at radius 1 is 1.53 bits per heavy atom. The van der Waals surface area contributed by atoms with E-state index < -0.39 is 10.8 Å². The first-order valence-corrected chi connectivity index (χ1v) is 7.11. The maximum Gasteiger partial charge on any atom is 0.288 e. The van der Waals surface area contributed by atoms with E-state index in [1.165, 1.54) is 4.90 Å². The number of oxazole rings is 1. The monoisotopic (exact) mass is 281 g/mol. The lowest BCUT2D eigenvalue weighted by molar-refractivity contribution is -0.126. The van der Waals surface area contributed by atoms with Gasteiger partial charge in [0.25, 0.3) is 5.22 Å². The predicted molar refractivity (Wildman–Crippen MR) is 73.0 cm³/mol. The minimum Gasteiger partial charge on any atom is -0.430 e. The molecule has 0 radical (unpaired) electrons. The maximum atomic E-state index is 12.0. The van der Waals surface area contributed by atoms with Crippen LogP contribution in [0.15, 0.2) is 27.8 Å². The molecule has 2 rings (SSSR count). The van der Waals surface area contributed by atoms with Gasteiger partial charge in [-0.25, -0.2) is 9.19 Å². The molecule has 1 heterocycles. The average Bonchev–Trinajstić information content (AvgIpc) is 2.80. The van der Waals surface area contributed by atoms with Gasteiger partial charge in [-0.05, 0) is 19.1 Å². The fraction of sp³-hybridized carbons (Fsp3) is 0.333. The van der Waals surface area contributed by atoms with Crippen molar-refractivity contribution in [3.05, 3.63) is 18.2 Å². The highest BCUT2D eigenvalue weighted by Crippen LogP contribution is 2.20. The summed E-state index contributed by atoms with van der Waals surface area (Å²) in [5, 5.41) is 0.0541. The van der Waals surface area contributed by atoms with Crippen molar-refractivity contribution in [1.82, 2.24) is 9.88 Å². The number of anilines is 1. The number of carbonyl (C=O) groups excluding carboxylic acids is 1. The van der Waals surface area contributed by atoms with Crippen molar-refractivity contribution < 1.29 is 13.4 Å². The van der Waals surface area contributed by atoms with Crippen LogP contribution in [-0.4, -0.2) is 39.3 Å². The van der Waals surface area contributed by atoms with Crippen molar-refractivity contribution >= 4 is 33.5 Å². The summed E-state index contributed by atoms with van der Waals surface area (Å²) < 4.78 is 17.4. The van der Waals surface area contributed by atoms with Crippen molar-refractivity contribution in [2.24, 2.45) is 0 Å². The summed E-state index contributed by atoms with van der Waals surface area (Å²) >= 11 is 0. The molecule has 0 fully saturated rings. The van der Waals surface area contributed by atoms with Crippen LogP contribution in [0.3, 0.4) is 0 Å². The zero-order valence-electron chi connectivity index (χ0n) is 10.8. The molecule has 1 aromatic heterocycles. The molecular formula is C12H15N3O3S. The van der Waals surface area contributed by atoms with Crippen molar-refractivity contribution in [3.8, 4) is 0 Å². The number of rotatable bonds is 4. The second-order valence-corrected chi connectivity index (χ2v) is 5.43. The molecule has 0 spiro atoms. The fourth-order valence-corrected chi connectivity index (χ4v) is 2.43. The highest BCUT2D eigenvalue weighted by Gasteiger charge is 2.18. The Hall–Kier alpha value is -1.89. The van der Waals surface area contributed by atoms with Gasteiger partial charge in [0.05, 0.1) is 0 Å². The van der Waals surface area contributed by atoms with Gasteiger partial charge in [-0.3, -0.25) is 4.79 Å². The Labute approximate surface area is 113 Å². The zero-order chi connectivity index (χ0) is 14.0. The third kappa shape index (κ3) is 2.93. The van der Waals surface area contributed by atoms with Crippen LogP contribution in [0.1, 0.15) is 6.92 Å². The number of fused-ring (bicyclic) bond motifs is 1. The highest BCUT2D eigenvalue weighted by atomic mass is 32.2. The van der Waals surface area contributed by atoms with Crippen LogP contribution in [0, 0.1) is 0 Å². The molecule has 19 heavy (non-hydrogen) atoms. The molecule has 0 bridgehead atoms. The first-order chi connectivity index (χ1) is 9.01. The largest absolute Gasteiger partial charge is 0.430 e. The topological polar surface area (TPSA) is 89.4 Å². The van der Waals surface area contributed by atoms with Crippen molar-refractivity contribution in [1.29, 1.82) is 0 Å². The van der Waals surface area contributed by atoms with Crippen LogP contribution >= 0.6 is 0 Å². The van der Waals surface area contributed by atoms with Gasteiger partial charge in [-0.15, -0.1) is 0 Å². The minimum atomic E-state index is -1.58. The first kappa shape index (κ1) is 13.5. The molecule has 0 aliphatic heterocycles. The van der Waals surface area contributed by atoms with E-state index in [-0.39, 0.29) is 16.9 Å². The third-order valence-corrected chi connectivity index (χ3v) is 3.82. The molecule has 2 aromatic rings. The van der Waals surface area contributed by atoms with E-state index in [0.29, 0.717) is 23.3 Å². The van der Waals surface area contributed by atoms with Crippen LogP contribution < -0.4 is 5.73 Å². The number of benzene rings is 1. The lowest BCUT2D eigenvalue weighted by atomic mass is 10.3. The molecule has 0 saturated carbocycles. The summed E-state index contributed by atoms with van der Waals surface area (Å²) in [6.45, 7) is 2.42. The quantitative estimate of drug-likeness (QED) is 0.844. The van der Waals surface area contributed by atoms with E-state index in [9.17, 15) is 9.00 Å². The molecule has 1 atom stereocenters. The molecule has 0 aliphatic rings. The number of nitrogens with zero attached hydrogens (tertiary/aromatic N) is 2. The number of aromatic nitrogens is 1. The van der Waals surface area contributed by atoms with Gasteiger partial charge < -0.3 is 15.1 Å². The minimum absolute atomic E-state index is 0.0541. The van der Waals surface area contributed by atoms with Gasteiger partial charge in [-0.2, -0.15) is 0 Å². The molecule has 2 N–H and O–H groups in total. The smallest absolute Gasteiger partial charge is 0.288 e.